The van der Waals surface area contributed by atoms with Crippen LogP contribution in [-0.2, 0) is 23.0 Å². The second-order valence-electron chi connectivity index (χ2n) is 3.62. The molecule has 2 rings (SSSR count). The van der Waals surface area contributed by atoms with Gasteiger partial charge in [0.15, 0.2) is 14.9 Å². The van der Waals surface area contributed by atoms with Crippen LogP contribution in [0.1, 0.15) is 5.69 Å². The van der Waals surface area contributed by atoms with Crippen LogP contribution in [0.3, 0.4) is 0 Å². The minimum Gasteiger partial charge on any atom is -0.390 e. The van der Waals surface area contributed by atoms with Gasteiger partial charge in [-0.15, -0.1) is 5.10 Å². The van der Waals surface area contributed by atoms with E-state index in [0.717, 1.165) is 0 Å². The van der Waals surface area contributed by atoms with Gasteiger partial charge in [0.25, 0.3) is 0 Å². The van der Waals surface area contributed by atoms with Crippen LogP contribution in [-0.4, -0.2) is 39.3 Å². The Bertz CT molecular complexity index is 609. The lowest BCUT2D eigenvalue weighted by Gasteiger charge is -2.02. The topological polar surface area (TPSA) is 98.0 Å². The summed E-state index contributed by atoms with van der Waals surface area (Å²) in [4.78, 5) is 3.81. The maximum Gasteiger partial charge on any atom is 0.197 e. The highest BCUT2D eigenvalue weighted by molar-refractivity contribution is 7.91. The van der Waals surface area contributed by atoms with Crippen molar-refractivity contribution in [2.75, 3.05) is 5.75 Å². The number of hydrogen-bond acceptors (Lipinski definition) is 6. The van der Waals surface area contributed by atoms with Crippen molar-refractivity contribution in [1.29, 1.82) is 0 Å². The molecule has 0 aliphatic carbocycles. The lowest BCUT2D eigenvalue weighted by atomic mass is 10.5. The Morgan fingerprint density at radius 2 is 2.17 bits per heavy atom. The molecule has 0 spiro atoms. The molecule has 0 unspecified atom stereocenters. The minimum atomic E-state index is -3.42. The molecule has 2 aromatic heterocycles. The van der Waals surface area contributed by atoms with Crippen molar-refractivity contribution in [3.63, 3.8) is 0 Å². The number of hydrogen-bond donors (Lipinski definition) is 1. The average molecular weight is 268 g/mol. The number of pyridine rings is 1. The third-order valence-corrected chi connectivity index (χ3v) is 3.89. The van der Waals surface area contributed by atoms with Crippen LogP contribution in [0.4, 0.5) is 0 Å². The van der Waals surface area contributed by atoms with Crippen LogP contribution in [0, 0.1) is 0 Å². The van der Waals surface area contributed by atoms with Crippen LogP contribution >= 0.6 is 0 Å². The Hall–Kier alpha value is -1.80. The summed E-state index contributed by atoms with van der Waals surface area (Å²) in [5, 5.41) is 16.2. The molecule has 0 atom stereocenters. The summed E-state index contributed by atoms with van der Waals surface area (Å²) in [5.74, 6) is -0.113. The minimum absolute atomic E-state index is 0.0486. The van der Waals surface area contributed by atoms with Crippen molar-refractivity contribution in [3.8, 4) is 0 Å². The van der Waals surface area contributed by atoms with E-state index in [9.17, 15) is 8.42 Å². The fourth-order valence-electron chi connectivity index (χ4n) is 1.37. The molecule has 0 aliphatic heterocycles. The number of rotatable bonds is 5. The van der Waals surface area contributed by atoms with Gasteiger partial charge >= 0.3 is 0 Å². The second-order valence-corrected chi connectivity index (χ2v) is 5.67. The van der Waals surface area contributed by atoms with Crippen LogP contribution in [0.25, 0.3) is 0 Å². The van der Waals surface area contributed by atoms with Crippen molar-refractivity contribution in [1.82, 2.24) is 20.0 Å². The van der Waals surface area contributed by atoms with Gasteiger partial charge in [0.2, 0.25) is 0 Å². The van der Waals surface area contributed by atoms with Gasteiger partial charge in [-0.2, -0.15) is 0 Å². The number of aromatic nitrogens is 4. The van der Waals surface area contributed by atoms with Crippen LogP contribution < -0.4 is 0 Å². The smallest absolute Gasteiger partial charge is 0.197 e. The number of aliphatic hydroxyl groups is 1. The molecular formula is C10H12N4O3S. The van der Waals surface area contributed by atoms with Crippen molar-refractivity contribution in [2.24, 2.45) is 0 Å². The summed E-state index contributed by atoms with van der Waals surface area (Å²) < 4.78 is 25.2. The Kier molecular flexibility index (Phi) is 3.68. The molecule has 8 heteroatoms. The van der Waals surface area contributed by atoms with Gasteiger partial charge in [0, 0.05) is 6.20 Å². The van der Waals surface area contributed by atoms with E-state index in [1.54, 1.807) is 12.1 Å². The highest BCUT2D eigenvalue weighted by Gasteiger charge is 2.15. The zero-order valence-corrected chi connectivity index (χ0v) is 10.3. The molecule has 0 saturated heterocycles. The SMILES string of the molecule is O=S(=O)(CCn1cc(CO)nn1)c1ccccn1. The first kappa shape index (κ1) is 12.7. The highest BCUT2D eigenvalue weighted by atomic mass is 32.2. The first-order chi connectivity index (χ1) is 8.62. The normalized spacial score (nSPS) is 11.6. The van der Waals surface area contributed by atoms with Gasteiger partial charge in [0.05, 0.1) is 25.1 Å². The third-order valence-electron chi connectivity index (χ3n) is 2.29. The summed E-state index contributed by atoms with van der Waals surface area (Å²) in [6, 6.07) is 4.74. The van der Waals surface area contributed by atoms with Gasteiger partial charge in [-0.05, 0) is 12.1 Å². The Morgan fingerprint density at radius 3 is 2.78 bits per heavy atom. The quantitative estimate of drug-likeness (QED) is 0.795. The van der Waals surface area contributed by atoms with Crippen molar-refractivity contribution >= 4 is 9.84 Å². The van der Waals surface area contributed by atoms with Gasteiger partial charge in [-0.25, -0.2) is 13.4 Å². The molecule has 0 bridgehead atoms. The zero-order valence-electron chi connectivity index (χ0n) is 9.47. The molecule has 2 heterocycles. The molecule has 0 radical (unpaired) electrons. The Balaban J connectivity index is 2.06. The van der Waals surface area contributed by atoms with Gasteiger partial charge < -0.3 is 5.11 Å². The zero-order chi connectivity index (χ0) is 13.0. The molecule has 0 aromatic carbocycles. The number of nitrogens with zero attached hydrogens (tertiary/aromatic N) is 4. The molecule has 18 heavy (non-hydrogen) atoms. The number of aliphatic hydroxyl groups excluding tert-OH is 1. The van der Waals surface area contributed by atoms with E-state index in [1.165, 1.54) is 23.1 Å². The fraction of sp³-hybridized carbons (Fsp3) is 0.300. The monoisotopic (exact) mass is 268 g/mol. The predicted octanol–water partition coefficient (Wildman–Crippen LogP) is -0.361. The lowest BCUT2D eigenvalue weighted by Crippen LogP contribution is -2.14. The predicted molar refractivity (Wildman–Crippen MR) is 62.2 cm³/mol. The molecule has 96 valence electrons. The van der Waals surface area contributed by atoms with Crippen LogP contribution in [0.15, 0.2) is 35.6 Å². The van der Waals surface area contributed by atoms with Crippen LogP contribution in [0.2, 0.25) is 0 Å². The van der Waals surface area contributed by atoms with Gasteiger partial charge in [-0.1, -0.05) is 11.3 Å². The van der Waals surface area contributed by atoms with E-state index in [-0.39, 0.29) is 23.9 Å². The van der Waals surface area contributed by atoms with Crippen molar-refractivity contribution in [3.05, 3.63) is 36.3 Å². The van der Waals surface area contributed by atoms with E-state index < -0.39 is 9.84 Å². The first-order valence-electron chi connectivity index (χ1n) is 5.25. The van der Waals surface area contributed by atoms with Gasteiger partial charge in [0.1, 0.15) is 5.69 Å². The molecule has 0 aliphatic rings. The summed E-state index contributed by atoms with van der Waals surface area (Å²) in [7, 11) is -3.42. The maximum absolute atomic E-state index is 11.9. The number of sulfone groups is 1. The van der Waals surface area contributed by atoms with Crippen molar-refractivity contribution < 1.29 is 13.5 Å². The summed E-state index contributed by atoms with van der Waals surface area (Å²) in [6.07, 6.45) is 2.94. The molecule has 0 fully saturated rings. The third kappa shape index (κ3) is 2.90. The van der Waals surface area contributed by atoms with Crippen molar-refractivity contribution in [2.45, 2.75) is 18.2 Å². The largest absolute Gasteiger partial charge is 0.390 e. The maximum atomic E-state index is 11.9. The average Bonchev–Trinajstić information content (AvgIpc) is 2.86. The van der Waals surface area contributed by atoms with Gasteiger partial charge in [-0.3, -0.25) is 4.68 Å². The fourth-order valence-corrected chi connectivity index (χ4v) is 2.51. The van der Waals surface area contributed by atoms with E-state index in [1.807, 2.05) is 0 Å². The standard InChI is InChI=1S/C10H12N4O3S/c15-8-9-7-14(13-12-9)5-6-18(16,17)10-3-1-2-4-11-10/h1-4,7,15H,5-6,8H2. The van der Waals surface area contributed by atoms with E-state index >= 15 is 0 Å². The number of aryl methyl sites for hydroxylation is 1. The summed E-state index contributed by atoms with van der Waals surface area (Å²) in [6.45, 7) is -0.0428. The molecule has 7 nitrogen and oxygen atoms in total. The highest BCUT2D eigenvalue weighted by Crippen LogP contribution is 2.07. The Labute approximate surface area is 104 Å². The van der Waals surface area contributed by atoms with E-state index in [2.05, 4.69) is 15.3 Å². The summed E-state index contributed by atoms with van der Waals surface area (Å²) >= 11 is 0. The molecule has 2 aromatic rings. The molecular weight excluding hydrogens is 256 g/mol. The van der Waals surface area contributed by atoms with E-state index in [0.29, 0.717) is 5.69 Å². The first-order valence-corrected chi connectivity index (χ1v) is 6.91. The second kappa shape index (κ2) is 5.23. The van der Waals surface area contributed by atoms with E-state index in [4.69, 9.17) is 5.11 Å². The van der Waals surface area contributed by atoms with Crippen LogP contribution in [0.5, 0.6) is 0 Å². The molecule has 1 N–H and O–H groups in total. The Morgan fingerprint density at radius 1 is 1.33 bits per heavy atom. The molecule has 0 amide bonds. The summed E-state index contributed by atoms with van der Waals surface area (Å²) in [5.41, 5.74) is 0.408. The lowest BCUT2D eigenvalue weighted by molar-refractivity contribution is 0.276. The molecule has 0 saturated carbocycles.